The third kappa shape index (κ3) is 4.10. The number of rotatable bonds is 4. The third-order valence-corrected chi connectivity index (χ3v) is 3.86. The second-order valence-corrected chi connectivity index (χ2v) is 5.64. The predicted octanol–water partition coefficient (Wildman–Crippen LogP) is 4.98. The van der Waals surface area contributed by atoms with Gasteiger partial charge in [0.1, 0.15) is 0 Å². The van der Waals surface area contributed by atoms with Gasteiger partial charge in [-0.15, -0.1) is 11.8 Å². The van der Waals surface area contributed by atoms with Crippen LogP contribution in [-0.4, -0.2) is 5.75 Å². The van der Waals surface area contributed by atoms with Gasteiger partial charge in [-0.2, -0.15) is 0 Å². The largest absolute Gasteiger partial charge is 0.126 e. The average molecular weight is 263 g/mol. The van der Waals surface area contributed by atoms with Crippen LogP contribution < -0.4 is 0 Å². The second-order valence-electron chi connectivity index (χ2n) is 4.04. The summed E-state index contributed by atoms with van der Waals surface area (Å²) in [6.07, 6.45) is 1.08. The van der Waals surface area contributed by atoms with Gasteiger partial charge in [-0.1, -0.05) is 41.4 Å². The molecule has 0 aliphatic carbocycles. The SMILES string of the molecule is Cc1ccc(SCCc2ccc(Cl)cc2)cc1. The lowest BCUT2D eigenvalue weighted by Crippen LogP contribution is -1.87. The molecule has 0 spiro atoms. The van der Waals surface area contributed by atoms with Gasteiger partial charge < -0.3 is 0 Å². The highest BCUT2D eigenvalue weighted by Gasteiger charge is 1.96. The maximum absolute atomic E-state index is 5.85. The first-order valence-corrected chi connectivity index (χ1v) is 7.04. The number of aryl methyl sites for hydroxylation is 2. The molecule has 88 valence electrons. The Hall–Kier alpha value is -0.920. The van der Waals surface area contributed by atoms with Crippen LogP contribution >= 0.6 is 23.4 Å². The Balaban J connectivity index is 1.83. The molecule has 0 aliphatic heterocycles. The van der Waals surface area contributed by atoms with Crippen molar-refractivity contribution >= 4 is 23.4 Å². The van der Waals surface area contributed by atoms with E-state index in [1.54, 1.807) is 0 Å². The molecule has 0 fully saturated rings. The van der Waals surface area contributed by atoms with Crippen molar-refractivity contribution in [3.05, 3.63) is 64.7 Å². The number of benzene rings is 2. The summed E-state index contributed by atoms with van der Waals surface area (Å²) in [7, 11) is 0. The maximum atomic E-state index is 5.85. The van der Waals surface area contributed by atoms with E-state index in [1.165, 1.54) is 16.0 Å². The van der Waals surface area contributed by atoms with Crippen LogP contribution in [0, 0.1) is 6.92 Å². The van der Waals surface area contributed by atoms with E-state index in [-0.39, 0.29) is 0 Å². The van der Waals surface area contributed by atoms with Crippen LogP contribution in [-0.2, 0) is 6.42 Å². The van der Waals surface area contributed by atoms with E-state index >= 15 is 0 Å². The molecule has 0 unspecified atom stereocenters. The molecule has 17 heavy (non-hydrogen) atoms. The van der Waals surface area contributed by atoms with Crippen molar-refractivity contribution in [3.8, 4) is 0 Å². The smallest absolute Gasteiger partial charge is 0.0406 e. The molecule has 0 bridgehead atoms. The summed E-state index contributed by atoms with van der Waals surface area (Å²) in [5.41, 5.74) is 2.65. The lowest BCUT2D eigenvalue weighted by Gasteiger charge is -2.03. The topological polar surface area (TPSA) is 0 Å². The molecular formula is C15H15ClS. The van der Waals surface area contributed by atoms with E-state index in [1.807, 2.05) is 23.9 Å². The quantitative estimate of drug-likeness (QED) is 0.700. The number of halogens is 1. The molecule has 0 saturated heterocycles. The molecule has 0 atom stereocenters. The minimum absolute atomic E-state index is 0.805. The fraction of sp³-hybridized carbons (Fsp3) is 0.200. The van der Waals surface area contributed by atoms with Crippen molar-refractivity contribution in [2.75, 3.05) is 5.75 Å². The van der Waals surface area contributed by atoms with E-state index < -0.39 is 0 Å². The summed E-state index contributed by atoms with van der Waals surface area (Å²) in [4.78, 5) is 1.34. The molecule has 2 rings (SSSR count). The first kappa shape index (κ1) is 12.5. The van der Waals surface area contributed by atoms with E-state index in [0.717, 1.165) is 17.2 Å². The van der Waals surface area contributed by atoms with Gasteiger partial charge in [0, 0.05) is 15.7 Å². The van der Waals surface area contributed by atoms with Gasteiger partial charge in [-0.05, 0) is 43.2 Å². The highest BCUT2D eigenvalue weighted by Crippen LogP contribution is 2.20. The van der Waals surface area contributed by atoms with E-state index in [0.29, 0.717) is 0 Å². The Morgan fingerprint density at radius 1 is 0.941 bits per heavy atom. The lowest BCUT2D eigenvalue weighted by atomic mass is 10.2. The van der Waals surface area contributed by atoms with Crippen LogP contribution in [0.15, 0.2) is 53.4 Å². The first-order valence-electron chi connectivity index (χ1n) is 5.68. The number of hydrogen-bond acceptors (Lipinski definition) is 1. The molecule has 2 heteroatoms. The molecule has 0 radical (unpaired) electrons. The van der Waals surface area contributed by atoms with Crippen molar-refractivity contribution < 1.29 is 0 Å². The molecule has 2 aromatic rings. The molecule has 0 saturated carbocycles. The number of thioether (sulfide) groups is 1. The summed E-state index contributed by atoms with van der Waals surface area (Å²) in [5.74, 6) is 1.10. The fourth-order valence-corrected chi connectivity index (χ4v) is 2.60. The van der Waals surface area contributed by atoms with Crippen molar-refractivity contribution in [2.24, 2.45) is 0 Å². The third-order valence-electron chi connectivity index (χ3n) is 2.59. The molecule has 0 nitrogen and oxygen atoms in total. The zero-order valence-corrected chi connectivity index (χ0v) is 11.4. The predicted molar refractivity (Wildman–Crippen MR) is 77.1 cm³/mol. The van der Waals surface area contributed by atoms with Crippen molar-refractivity contribution in [3.63, 3.8) is 0 Å². The standard InChI is InChI=1S/C15H15ClS/c1-12-2-8-15(9-3-12)17-11-10-13-4-6-14(16)7-5-13/h2-9H,10-11H2,1H3. The highest BCUT2D eigenvalue weighted by molar-refractivity contribution is 7.99. The average Bonchev–Trinajstić information content (AvgIpc) is 2.34. The summed E-state index contributed by atoms with van der Waals surface area (Å²) in [6.45, 7) is 2.11. The monoisotopic (exact) mass is 262 g/mol. The van der Waals surface area contributed by atoms with Gasteiger partial charge in [0.15, 0.2) is 0 Å². The highest BCUT2D eigenvalue weighted by atomic mass is 35.5. The van der Waals surface area contributed by atoms with E-state index in [4.69, 9.17) is 11.6 Å². The Kier molecular flexibility index (Phi) is 4.52. The fourth-order valence-electron chi connectivity index (χ4n) is 1.57. The summed E-state index contributed by atoms with van der Waals surface area (Å²) in [6, 6.07) is 16.8. The summed E-state index contributed by atoms with van der Waals surface area (Å²) >= 11 is 7.75. The van der Waals surface area contributed by atoms with Crippen LogP contribution in [0.1, 0.15) is 11.1 Å². The van der Waals surface area contributed by atoms with E-state index in [9.17, 15) is 0 Å². The zero-order valence-electron chi connectivity index (χ0n) is 9.82. The molecule has 0 amide bonds. The molecule has 0 aromatic heterocycles. The van der Waals surface area contributed by atoms with Crippen LogP contribution in [0.2, 0.25) is 5.02 Å². The van der Waals surface area contributed by atoms with Crippen molar-refractivity contribution in [1.82, 2.24) is 0 Å². The van der Waals surface area contributed by atoms with Crippen molar-refractivity contribution in [2.45, 2.75) is 18.2 Å². The Morgan fingerprint density at radius 3 is 2.24 bits per heavy atom. The van der Waals surface area contributed by atoms with Gasteiger partial charge in [0.25, 0.3) is 0 Å². The van der Waals surface area contributed by atoms with Gasteiger partial charge in [0.2, 0.25) is 0 Å². The van der Waals surface area contributed by atoms with Crippen LogP contribution in [0.3, 0.4) is 0 Å². The second kappa shape index (κ2) is 6.13. The molecule has 2 aromatic carbocycles. The first-order chi connectivity index (χ1) is 8.24. The minimum atomic E-state index is 0.805. The Labute approximate surface area is 112 Å². The molecule has 0 N–H and O–H groups in total. The summed E-state index contributed by atoms with van der Waals surface area (Å²) < 4.78 is 0. The Morgan fingerprint density at radius 2 is 1.59 bits per heavy atom. The maximum Gasteiger partial charge on any atom is 0.0406 e. The van der Waals surface area contributed by atoms with Crippen molar-refractivity contribution in [1.29, 1.82) is 0 Å². The van der Waals surface area contributed by atoms with Gasteiger partial charge in [-0.25, -0.2) is 0 Å². The normalized spacial score (nSPS) is 10.5. The van der Waals surface area contributed by atoms with Crippen LogP contribution in [0.4, 0.5) is 0 Å². The van der Waals surface area contributed by atoms with Gasteiger partial charge >= 0.3 is 0 Å². The van der Waals surface area contributed by atoms with Gasteiger partial charge in [-0.3, -0.25) is 0 Å². The molecule has 0 heterocycles. The van der Waals surface area contributed by atoms with Crippen LogP contribution in [0.25, 0.3) is 0 Å². The number of hydrogen-bond donors (Lipinski definition) is 0. The molecular weight excluding hydrogens is 248 g/mol. The van der Waals surface area contributed by atoms with Crippen LogP contribution in [0.5, 0.6) is 0 Å². The van der Waals surface area contributed by atoms with Gasteiger partial charge in [0.05, 0.1) is 0 Å². The summed E-state index contributed by atoms with van der Waals surface area (Å²) in [5, 5.41) is 0.805. The lowest BCUT2D eigenvalue weighted by molar-refractivity contribution is 1.15. The van der Waals surface area contributed by atoms with E-state index in [2.05, 4.69) is 43.3 Å². The Bertz CT molecular complexity index is 414. The zero-order chi connectivity index (χ0) is 12.1. The molecule has 0 aliphatic rings. The minimum Gasteiger partial charge on any atom is -0.126 e.